The Balaban J connectivity index is 2.84. The summed E-state index contributed by atoms with van der Waals surface area (Å²) >= 11 is 0. The second kappa shape index (κ2) is 2.48. The Morgan fingerprint density at radius 2 is 1.73 bits per heavy atom. The van der Waals surface area contributed by atoms with Crippen molar-refractivity contribution in [1.29, 1.82) is 0 Å². The number of ether oxygens (including phenoxy) is 1. The van der Waals surface area contributed by atoms with E-state index in [4.69, 9.17) is 4.74 Å². The van der Waals surface area contributed by atoms with Gasteiger partial charge in [0.05, 0.1) is 5.60 Å². The molecule has 1 atom stereocenters. The summed E-state index contributed by atoms with van der Waals surface area (Å²) in [4.78, 5) is 0. The van der Waals surface area contributed by atoms with Crippen LogP contribution in [-0.4, -0.2) is 12.2 Å². The van der Waals surface area contributed by atoms with Crippen LogP contribution in [-0.2, 0) is 4.74 Å². The Morgan fingerprint density at radius 1 is 1.18 bits per heavy atom. The SMILES string of the molecule is CC(C)C1(C)OCCC1(C)C. The van der Waals surface area contributed by atoms with Crippen LogP contribution in [0.4, 0.5) is 0 Å². The van der Waals surface area contributed by atoms with E-state index >= 15 is 0 Å². The first-order chi connectivity index (χ1) is 4.90. The van der Waals surface area contributed by atoms with E-state index in [1.807, 2.05) is 0 Å². The van der Waals surface area contributed by atoms with Crippen LogP contribution < -0.4 is 0 Å². The fourth-order valence-corrected chi connectivity index (χ4v) is 1.91. The van der Waals surface area contributed by atoms with Crippen LogP contribution in [0, 0.1) is 11.3 Å². The van der Waals surface area contributed by atoms with E-state index < -0.39 is 0 Å². The fraction of sp³-hybridized carbons (Fsp3) is 1.00. The highest BCUT2D eigenvalue weighted by molar-refractivity contribution is 4.97. The van der Waals surface area contributed by atoms with Crippen LogP contribution in [0.1, 0.15) is 41.0 Å². The zero-order valence-electron chi connectivity index (χ0n) is 8.40. The maximum atomic E-state index is 5.82. The van der Waals surface area contributed by atoms with Gasteiger partial charge in [-0.05, 0) is 24.7 Å². The standard InChI is InChI=1S/C10H20O/c1-8(2)10(5)9(3,4)6-7-11-10/h8H,6-7H2,1-5H3. The van der Waals surface area contributed by atoms with E-state index in [2.05, 4.69) is 34.6 Å². The third-order valence-corrected chi connectivity index (χ3v) is 3.57. The van der Waals surface area contributed by atoms with Gasteiger partial charge in [0.15, 0.2) is 0 Å². The highest BCUT2D eigenvalue weighted by Gasteiger charge is 2.48. The summed E-state index contributed by atoms with van der Waals surface area (Å²) in [5, 5.41) is 0. The average Bonchev–Trinajstić information content (AvgIpc) is 2.09. The van der Waals surface area contributed by atoms with E-state index in [0.717, 1.165) is 6.61 Å². The maximum absolute atomic E-state index is 5.82. The van der Waals surface area contributed by atoms with Gasteiger partial charge in [0.1, 0.15) is 0 Å². The highest BCUT2D eigenvalue weighted by atomic mass is 16.5. The summed E-state index contributed by atoms with van der Waals surface area (Å²) in [6, 6.07) is 0. The molecule has 0 amide bonds. The molecule has 0 bridgehead atoms. The van der Waals surface area contributed by atoms with E-state index in [-0.39, 0.29) is 5.60 Å². The van der Waals surface area contributed by atoms with Gasteiger partial charge in [-0.15, -0.1) is 0 Å². The molecule has 1 heterocycles. The van der Waals surface area contributed by atoms with Crippen LogP contribution in [0.5, 0.6) is 0 Å². The van der Waals surface area contributed by atoms with Crippen LogP contribution in [0.3, 0.4) is 0 Å². The molecule has 1 unspecified atom stereocenters. The minimum atomic E-state index is 0.0903. The van der Waals surface area contributed by atoms with E-state index in [1.165, 1.54) is 6.42 Å². The molecule has 1 nitrogen and oxygen atoms in total. The molecule has 0 saturated carbocycles. The molecule has 1 aliphatic heterocycles. The van der Waals surface area contributed by atoms with Gasteiger partial charge in [-0.3, -0.25) is 0 Å². The molecule has 11 heavy (non-hydrogen) atoms. The van der Waals surface area contributed by atoms with Gasteiger partial charge in [-0.25, -0.2) is 0 Å². The molecule has 0 spiro atoms. The van der Waals surface area contributed by atoms with Crippen molar-refractivity contribution < 1.29 is 4.74 Å². The monoisotopic (exact) mass is 156 g/mol. The Morgan fingerprint density at radius 3 is 1.91 bits per heavy atom. The van der Waals surface area contributed by atoms with Crippen LogP contribution in [0.25, 0.3) is 0 Å². The van der Waals surface area contributed by atoms with Gasteiger partial charge in [0, 0.05) is 6.61 Å². The van der Waals surface area contributed by atoms with Crippen molar-refractivity contribution in [2.75, 3.05) is 6.61 Å². The summed E-state index contributed by atoms with van der Waals surface area (Å²) in [5.41, 5.74) is 0.439. The summed E-state index contributed by atoms with van der Waals surface area (Å²) in [6.07, 6.45) is 1.20. The predicted molar refractivity (Wildman–Crippen MR) is 47.6 cm³/mol. The first-order valence-electron chi connectivity index (χ1n) is 4.54. The highest BCUT2D eigenvalue weighted by Crippen LogP contribution is 2.47. The lowest BCUT2D eigenvalue weighted by Gasteiger charge is -2.40. The summed E-state index contributed by atoms with van der Waals surface area (Å²) in [7, 11) is 0. The summed E-state index contributed by atoms with van der Waals surface area (Å²) in [5.74, 6) is 0.611. The molecule has 66 valence electrons. The molecular weight excluding hydrogens is 136 g/mol. The molecule has 1 fully saturated rings. The van der Waals surface area contributed by atoms with E-state index in [1.54, 1.807) is 0 Å². The van der Waals surface area contributed by atoms with Crippen molar-refractivity contribution in [1.82, 2.24) is 0 Å². The molecular formula is C10H20O. The van der Waals surface area contributed by atoms with Gasteiger partial charge in [-0.2, -0.15) is 0 Å². The largest absolute Gasteiger partial charge is 0.374 e. The van der Waals surface area contributed by atoms with Crippen LogP contribution in [0.15, 0.2) is 0 Å². The first-order valence-corrected chi connectivity index (χ1v) is 4.54. The molecule has 0 aromatic carbocycles. The van der Waals surface area contributed by atoms with Gasteiger partial charge in [-0.1, -0.05) is 27.7 Å². The third kappa shape index (κ3) is 1.20. The number of hydrogen-bond donors (Lipinski definition) is 0. The maximum Gasteiger partial charge on any atom is 0.0728 e. The average molecular weight is 156 g/mol. The molecule has 1 saturated heterocycles. The minimum absolute atomic E-state index is 0.0903. The normalized spacial score (nSPS) is 36.5. The molecule has 0 aromatic rings. The molecule has 0 aliphatic carbocycles. The number of hydrogen-bond acceptors (Lipinski definition) is 1. The number of rotatable bonds is 1. The second-order valence-corrected chi connectivity index (χ2v) is 4.74. The third-order valence-electron chi connectivity index (χ3n) is 3.57. The molecule has 1 aliphatic rings. The second-order valence-electron chi connectivity index (χ2n) is 4.74. The van der Waals surface area contributed by atoms with Crippen molar-refractivity contribution >= 4 is 0 Å². The van der Waals surface area contributed by atoms with E-state index in [9.17, 15) is 0 Å². The van der Waals surface area contributed by atoms with Gasteiger partial charge in [0.2, 0.25) is 0 Å². The lowest BCUT2D eigenvalue weighted by atomic mass is 9.70. The quantitative estimate of drug-likeness (QED) is 0.567. The summed E-state index contributed by atoms with van der Waals surface area (Å²) in [6.45, 7) is 12.3. The van der Waals surface area contributed by atoms with Crippen molar-refractivity contribution in [3.8, 4) is 0 Å². The molecule has 0 N–H and O–H groups in total. The van der Waals surface area contributed by atoms with E-state index in [0.29, 0.717) is 11.3 Å². The molecule has 0 aromatic heterocycles. The van der Waals surface area contributed by atoms with Gasteiger partial charge >= 0.3 is 0 Å². The Kier molecular flexibility index (Phi) is 2.04. The smallest absolute Gasteiger partial charge is 0.0728 e. The first kappa shape index (κ1) is 9.05. The van der Waals surface area contributed by atoms with Gasteiger partial charge < -0.3 is 4.74 Å². The van der Waals surface area contributed by atoms with Crippen molar-refractivity contribution in [2.45, 2.75) is 46.6 Å². The topological polar surface area (TPSA) is 9.23 Å². The summed E-state index contributed by atoms with van der Waals surface area (Å²) < 4.78 is 5.82. The fourth-order valence-electron chi connectivity index (χ4n) is 1.91. The van der Waals surface area contributed by atoms with Crippen molar-refractivity contribution in [3.63, 3.8) is 0 Å². The molecule has 1 rings (SSSR count). The van der Waals surface area contributed by atoms with Crippen LogP contribution >= 0.6 is 0 Å². The lowest BCUT2D eigenvalue weighted by molar-refractivity contribution is -0.0711. The lowest BCUT2D eigenvalue weighted by Crippen LogP contribution is -2.43. The van der Waals surface area contributed by atoms with Crippen LogP contribution in [0.2, 0.25) is 0 Å². The van der Waals surface area contributed by atoms with Crippen molar-refractivity contribution in [2.24, 2.45) is 11.3 Å². The van der Waals surface area contributed by atoms with Gasteiger partial charge in [0.25, 0.3) is 0 Å². The Bertz CT molecular complexity index is 149. The zero-order valence-corrected chi connectivity index (χ0v) is 8.40. The Hall–Kier alpha value is -0.0400. The van der Waals surface area contributed by atoms with Crippen molar-refractivity contribution in [3.05, 3.63) is 0 Å². The minimum Gasteiger partial charge on any atom is -0.374 e. The molecule has 0 radical (unpaired) electrons. The molecule has 1 heteroatoms. The zero-order chi connectivity index (χ0) is 8.70. The predicted octanol–water partition coefficient (Wildman–Crippen LogP) is 2.85. The Labute approximate surface area is 70.1 Å².